The first-order valence-electron chi connectivity index (χ1n) is 9.87. The minimum atomic E-state index is -1.20. The number of aryl methyl sites for hydroxylation is 1. The average molecular weight is 396 g/mol. The third-order valence-corrected chi connectivity index (χ3v) is 5.99. The summed E-state index contributed by atoms with van der Waals surface area (Å²) in [4.78, 5) is 39.2. The lowest BCUT2D eigenvalue weighted by atomic mass is 9.92. The molecule has 8 nitrogen and oxygen atoms in total. The highest BCUT2D eigenvalue weighted by atomic mass is 16.2. The molecule has 3 atom stereocenters. The Morgan fingerprint density at radius 2 is 2.00 bits per heavy atom. The topological polar surface area (TPSA) is 87.9 Å². The van der Waals surface area contributed by atoms with Crippen molar-refractivity contribution in [3.05, 3.63) is 59.9 Å². The number of hydrogen-bond acceptors (Lipinski definition) is 3. The average Bonchev–Trinajstić information content (AvgIpc) is 3.38. The predicted molar refractivity (Wildman–Crippen MR) is 105 cm³/mol. The van der Waals surface area contributed by atoms with Crippen molar-refractivity contribution in [1.29, 1.82) is 0 Å². The van der Waals surface area contributed by atoms with Crippen LogP contribution in [0.2, 0.25) is 0 Å². The van der Waals surface area contributed by atoms with Crippen molar-refractivity contribution in [2.75, 3.05) is 13.1 Å². The monoisotopic (exact) mass is 396 g/mol. The molecule has 2 fully saturated rings. The molecule has 3 heterocycles. The van der Waals surface area contributed by atoms with Crippen LogP contribution in [-0.4, -0.2) is 40.5 Å². The van der Waals surface area contributed by atoms with Gasteiger partial charge < -0.3 is 14.8 Å². The van der Waals surface area contributed by atoms with E-state index in [0.29, 0.717) is 5.56 Å². The van der Waals surface area contributed by atoms with Crippen molar-refractivity contribution in [3.63, 3.8) is 0 Å². The van der Waals surface area contributed by atoms with E-state index >= 15 is 0 Å². The number of carbonyl (C=O) groups excluding carboxylic acids is 3. The van der Waals surface area contributed by atoms with Crippen LogP contribution in [0.15, 0.2) is 48.7 Å². The first-order valence-corrected chi connectivity index (χ1v) is 9.87. The van der Waals surface area contributed by atoms with Crippen LogP contribution in [0.1, 0.15) is 37.1 Å². The molecule has 152 valence electrons. The molecule has 0 saturated carbocycles. The maximum Gasteiger partial charge on any atom is 0.344 e. The van der Waals surface area contributed by atoms with Crippen LogP contribution in [0, 0.1) is 0 Å². The van der Waals surface area contributed by atoms with E-state index in [0.717, 1.165) is 29.3 Å². The van der Waals surface area contributed by atoms with Gasteiger partial charge in [-0.2, -0.15) is 5.01 Å². The number of hydrazine groups is 1. The standard InChI is InChI=1S/C21H25N5O3/c1-21(15-8-4-3-5-9-15)19(28)26(20(29)22-21)23-18(27)14-25-13-7-11-17(25)16-10-6-12-24(16)2/h3-6,8-10,12,17H,7,11,13-14H2,1-2H3,(H,22,29)(H,23,27)/p+1/t17-,21+/m1/s1. The van der Waals surface area contributed by atoms with Gasteiger partial charge in [-0.1, -0.05) is 30.3 Å². The van der Waals surface area contributed by atoms with E-state index in [4.69, 9.17) is 0 Å². The summed E-state index contributed by atoms with van der Waals surface area (Å²) < 4.78 is 2.08. The smallest absolute Gasteiger partial charge is 0.344 e. The van der Waals surface area contributed by atoms with Gasteiger partial charge in [0, 0.05) is 26.1 Å². The lowest BCUT2D eigenvalue weighted by molar-refractivity contribution is -0.911. The van der Waals surface area contributed by atoms with Crippen LogP contribution in [0.25, 0.3) is 0 Å². The Morgan fingerprint density at radius 3 is 2.69 bits per heavy atom. The summed E-state index contributed by atoms with van der Waals surface area (Å²) in [5.41, 5.74) is 3.18. The number of nitrogens with zero attached hydrogens (tertiary/aromatic N) is 2. The molecule has 2 aliphatic heterocycles. The van der Waals surface area contributed by atoms with E-state index < -0.39 is 17.5 Å². The van der Waals surface area contributed by atoms with Gasteiger partial charge in [-0.3, -0.25) is 15.0 Å². The predicted octanol–water partition coefficient (Wildman–Crippen LogP) is 0.243. The number of imide groups is 1. The number of likely N-dealkylation sites (tertiary alicyclic amines) is 1. The van der Waals surface area contributed by atoms with Crippen LogP contribution in [0.3, 0.4) is 0 Å². The largest absolute Gasteiger partial charge is 0.350 e. The number of nitrogens with one attached hydrogen (secondary N) is 3. The van der Waals surface area contributed by atoms with Crippen LogP contribution in [0.4, 0.5) is 4.79 Å². The van der Waals surface area contributed by atoms with Crippen molar-refractivity contribution in [2.24, 2.45) is 7.05 Å². The number of rotatable bonds is 5. The Morgan fingerprint density at radius 1 is 1.24 bits per heavy atom. The number of quaternary nitrogens is 1. The Bertz CT molecular complexity index is 941. The molecule has 1 aromatic heterocycles. The molecule has 0 aliphatic carbocycles. The fraction of sp³-hybridized carbons (Fsp3) is 0.381. The number of aromatic nitrogens is 1. The summed E-state index contributed by atoms with van der Waals surface area (Å²) in [5.74, 6) is -0.834. The van der Waals surface area contributed by atoms with Crippen molar-refractivity contribution < 1.29 is 19.3 Å². The lowest BCUT2D eigenvalue weighted by Crippen LogP contribution is -3.11. The van der Waals surface area contributed by atoms with Gasteiger partial charge in [0.2, 0.25) is 0 Å². The minimum absolute atomic E-state index is 0.203. The zero-order valence-corrected chi connectivity index (χ0v) is 16.6. The van der Waals surface area contributed by atoms with E-state index in [1.165, 1.54) is 5.69 Å². The second-order valence-corrected chi connectivity index (χ2v) is 7.92. The molecule has 4 rings (SSSR count). The minimum Gasteiger partial charge on any atom is -0.350 e. The Labute approximate surface area is 169 Å². The van der Waals surface area contributed by atoms with Gasteiger partial charge in [-0.15, -0.1) is 0 Å². The molecule has 0 spiro atoms. The maximum atomic E-state index is 12.9. The lowest BCUT2D eigenvalue weighted by Gasteiger charge is -2.24. The van der Waals surface area contributed by atoms with E-state index in [9.17, 15) is 14.4 Å². The number of carbonyl (C=O) groups is 3. The van der Waals surface area contributed by atoms with Crippen LogP contribution < -0.4 is 15.6 Å². The number of hydrogen-bond donors (Lipinski definition) is 3. The maximum absolute atomic E-state index is 12.9. The van der Waals surface area contributed by atoms with Gasteiger partial charge >= 0.3 is 6.03 Å². The fourth-order valence-electron chi connectivity index (χ4n) is 4.39. The third kappa shape index (κ3) is 3.40. The molecular weight excluding hydrogens is 370 g/mol. The zero-order chi connectivity index (χ0) is 20.6. The first-order chi connectivity index (χ1) is 13.9. The Hall–Kier alpha value is -3.13. The number of urea groups is 1. The second-order valence-electron chi connectivity index (χ2n) is 7.92. The van der Waals surface area contributed by atoms with Crippen LogP contribution >= 0.6 is 0 Å². The van der Waals surface area contributed by atoms with Gasteiger partial charge in [-0.25, -0.2) is 4.79 Å². The van der Waals surface area contributed by atoms with Crippen molar-refractivity contribution >= 4 is 17.8 Å². The molecule has 29 heavy (non-hydrogen) atoms. The van der Waals surface area contributed by atoms with Crippen LogP contribution in [-0.2, 0) is 22.2 Å². The summed E-state index contributed by atoms with van der Waals surface area (Å²) in [6.45, 7) is 2.73. The summed E-state index contributed by atoms with van der Waals surface area (Å²) in [6, 6.07) is 12.7. The zero-order valence-electron chi connectivity index (χ0n) is 16.6. The summed E-state index contributed by atoms with van der Waals surface area (Å²) >= 11 is 0. The van der Waals surface area contributed by atoms with Gasteiger partial charge in [0.15, 0.2) is 6.54 Å². The van der Waals surface area contributed by atoms with E-state index in [1.54, 1.807) is 19.1 Å². The Kier molecular flexibility index (Phi) is 4.87. The van der Waals surface area contributed by atoms with Gasteiger partial charge in [-0.05, 0) is 24.6 Å². The molecular formula is C21H26N5O3+. The van der Waals surface area contributed by atoms with Crippen molar-refractivity contribution in [1.82, 2.24) is 20.3 Å². The SMILES string of the molecule is Cn1cccc1[C@H]1CCC[NH+]1CC(=O)NN1C(=O)N[C@@](C)(c2ccccc2)C1=O. The highest BCUT2D eigenvalue weighted by Gasteiger charge is 2.50. The molecule has 0 radical (unpaired) electrons. The van der Waals surface area contributed by atoms with Gasteiger partial charge in [0.25, 0.3) is 11.8 Å². The highest BCUT2D eigenvalue weighted by Crippen LogP contribution is 2.27. The van der Waals surface area contributed by atoms with Crippen molar-refractivity contribution in [2.45, 2.75) is 31.3 Å². The molecule has 3 N–H and O–H groups in total. The Balaban J connectivity index is 1.44. The molecule has 1 aromatic carbocycles. The van der Waals surface area contributed by atoms with E-state index in [2.05, 4.69) is 21.4 Å². The molecule has 4 amide bonds. The number of amides is 4. The summed E-state index contributed by atoms with van der Waals surface area (Å²) in [7, 11) is 2.00. The van der Waals surface area contributed by atoms with E-state index in [1.807, 2.05) is 37.5 Å². The van der Waals surface area contributed by atoms with Crippen LogP contribution in [0.5, 0.6) is 0 Å². The molecule has 2 aromatic rings. The molecule has 1 unspecified atom stereocenters. The summed E-state index contributed by atoms with van der Waals surface area (Å²) in [6.07, 6.45) is 4.05. The molecule has 8 heteroatoms. The summed E-state index contributed by atoms with van der Waals surface area (Å²) in [5, 5.41) is 3.50. The van der Waals surface area contributed by atoms with Gasteiger partial charge in [0.05, 0.1) is 12.2 Å². The quantitative estimate of drug-likeness (QED) is 0.633. The highest BCUT2D eigenvalue weighted by molar-refractivity contribution is 6.08. The third-order valence-electron chi connectivity index (χ3n) is 5.99. The number of benzene rings is 1. The molecule has 2 saturated heterocycles. The fourth-order valence-corrected chi connectivity index (χ4v) is 4.39. The van der Waals surface area contributed by atoms with Crippen molar-refractivity contribution in [3.8, 4) is 0 Å². The second kappa shape index (κ2) is 7.36. The normalized spacial score (nSPS) is 26.6. The molecule has 0 bridgehead atoms. The van der Waals surface area contributed by atoms with E-state index in [-0.39, 0.29) is 18.5 Å². The molecule has 2 aliphatic rings. The van der Waals surface area contributed by atoms with Gasteiger partial charge in [0.1, 0.15) is 11.6 Å². The first kappa shape index (κ1) is 19.2.